The third-order valence-electron chi connectivity index (χ3n) is 3.85. The Labute approximate surface area is 124 Å². The van der Waals surface area contributed by atoms with Crippen LogP contribution in [0.3, 0.4) is 0 Å². The first-order valence-corrected chi connectivity index (χ1v) is 8.68. The van der Waals surface area contributed by atoms with Crippen molar-refractivity contribution in [2.24, 2.45) is 10.6 Å². The van der Waals surface area contributed by atoms with Crippen LogP contribution in [-0.4, -0.2) is 55.8 Å². The van der Waals surface area contributed by atoms with Crippen LogP contribution in [0, 0.1) is 5.41 Å². The molecule has 21 heavy (non-hydrogen) atoms. The van der Waals surface area contributed by atoms with E-state index in [0.717, 1.165) is 6.42 Å². The van der Waals surface area contributed by atoms with Gasteiger partial charge in [0, 0.05) is 19.6 Å². The van der Waals surface area contributed by atoms with E-state index >= 15 is 0 Å². The molecule has 0 spiro atoms. The fraction of sp³-hybridized carbons (Fsp3) is 0.833. The van der Waals surface area contributed by atoms with E-state index in [0.29, 0.717) is 32.4 Å². The molecule has 0 aromatic rings. The molecule has 4 N–H and O–H groups in total. The molecule has 0 radical (unpaired) electrons. The number of nitrogens with one attached hydrogen (secondary N) is 1. The number of piperidine rings is 1. The maximum Gasteiger partial charge on any atom is 0.317 e. The number of nitrogens with two attached hydrogens (primary N) is 1. The first-order valence-electron chi connectivity index (χ1n) is 6.97. The highest BCUT2D eigenvalue weighted by atomic mass is 32.2. The summed E-state index contributed by atoms with van der Waals surface area (Å²) >= 11 is 0. The van der Waals surface area contributed by atoms with E-state index in [-0.39, 0.29) is 18.3 Å². The third-order valence-corrected chi connectivity index (χ3v) is 4.63. The second kappa shape index (κ2) is 7.08. The number of hydrogen-bond acceptors (Lipinski definition) is 4. The highest BCUT2D eigenvalue weighted by Gasteiger charge is 2.41. The Morgan fingerprint density at radius 3 is 2.33 bits per heavy atom. The molecule has 1 rings (SSSR count). The number of carboxylic acids is 1. The lowest BCUT2D eigenvalue weighted by Crippen LogP contribution is -2.50. The van der Waals surface area contributed by atoms with Crippen molar-refractivity contribution < 1.29 is 23.1 Å². The molecular weight excluding hydrogens is 298 g/mol. The van der Waals surface area contributed by atoms with E-state index in [4.69, 9.17) is 5.14 Å². The van der Waals surface area contributed by atoms with Crippen LogP contribution in [-0.2, 0) is 14.8 Å². The van der Waals surface area contributed by atoms with Gasteiger partial charge in [0.25, 0.3) is 0 Å². The van der Waals surface area contributed by atoms with Crippen LogP contribution in [0.15, 0.2) is 0 Å². The summed E-state index contributed by atoms with van der Waals surface area (Å²) in [5.74, 6) is -1.12. The van der Waals surface area contributed by atoms with Crippen LogP contribution in [0.2, 0.25) is 0 Å². The van der Waals surface area contributed by atoms with Gasteiger partial charge in [-0.2, -0.15) is 0 Å². The summed E-state index contributed by atoms with van der Waals surface area (Å²) in [5.41, 5.74) is -0.744. The monoisotopic (exact) mass is 321 g/mol. The average Bonchev–Trinajstić information content (AvgIpc) is 2.38. The maximum atomic E-state index is 11.9. The topological polar surface area (TPSA) is 130 Å². The summed E-state index contributed by atoms with van der Waals surface area (Å²) in [6, 6.07) is -0.380. The van der Waals surface area contributed by atoms with Crippen molar-refractivity contribution in [2.75, 3.05) is 25.4 Å². The number of rotatable bonds is 6. The third kappa shape index (κ3) is 5.16. The normalized spacial score (nSPS) is 18.3. The molecule has 2 amide bonds. The lowest BCUT2D eigenvalue weighted by Gasteiger charge is -2.38. The van der Waals surface area contributed by atoms with Crippen LogP contribution in [0.1, 0.15) is 32.6 Å². The van der Waals surface area contributed by atoms with Crippen molar-refractivity contribution in [3.63, 3.8) is 0 Å². The van der Waals surface area contributed by atoms with Gasteiger partial charge in [-0.3, -0.25) is 4.79 Å². The molecule has 9 heteroatoms. The number of aliphatic carboxylic acids is 1. The smallest absolute Gasteiger partial charge is 0.317 e. The van der Waals surface area contributed by atoms with Crippen molar-refractivity contribution in [1.82, 2.24) is 10.2 Å². The van der Waals surface area contributed by atoms with E-state index in [1.54, 1.807) is 0 Å². The fourth-order valence-corrected chi connectivity index (χ4v) is 2.99. The van der Waals surface area contributed by atoms with Gasteiger partial charge < -0.3 is 15.3 Å². The van der Waals surface area contributed by atoms with Crippen molar-refractivity contribution in [1.29, 1.82) is 0 Å². The van der Waals surface area contributed by atoms with Crippen LogP contribution in [0.5, 0.6) is 0 Å². The van der Waals surface area contributed by atoms with E-state index in [9.17, 15) is 23.1 Å². The predicted molar refractivity (Wildman–Crippen MR) is 77.2 cm³/mol. The zero-order valence-corrected chi connectivity index (χ0v) is 13.0. The Bertz CT molecular complexity index is 483. The summed E-state index contributed by atoms with van der Waals surface area (Å²) in [6.07, 6.45) is 2.22. The lowest BCUT2D eigenvalue weighted by molar-refractivity contribution is -0.152. The average molecular weight is 321 g/mol. The van der Waals surface area contributed by atoms with Gasteiger partial charge in [0.05, 0.1) is 11.2 Å². The summed E-state index contributed by atoms with van der Waals surface area (Å²) in [4.78, 5) is 24.8. The molecule has 0 bridgehead atoms. The number of hydrogen-bond donors (Lipinski definition) is 3. The summed E-state index contributed by atoms with van der Waals surface area (Å²) in [6.45, 7) is 2.60. The first-order chi connectivity index (χ1) is 9.70. The van der Waals surface area contributed by atoms with Crippen LogP contribution in [0.25, 0.3) is 0 Å². The van der Waals surface area contributed by atoms with Gasteiger partial charge >= 0.3 is 12.0 Å². The second-order valence-corrected chi connectivity index (χ2v) is 7.16. The number of primary sulfonamides is 1. The molecule has 1 saturated heterocycles. The molecule has 0 atom stereocenters. The highest BCUT2D eigenvalue weighted by molar-refractivity contribution is 7.89. The molecule has 8 nitrogen and oxygen atoms in total. The van der Waals surface area contributed by atoms with E-state index in [1.165, 1.54) is 4.90 Å². The van der Waals surface area contributed by atoms with E-state index < -0.39 is 21.4 Å². The zero-order chi connectivity index (χ0) is 16.1. The number of nitrogens with zero attached hydrogens (tertiary/aromatic N) is 1. The number of sulfonamides is 1. The Morgan fingerprint density at radius 2 is 1.90 bits per heavy atom. The highest BCUT2D eigenvalue weighted by Crippen LogP contribution is 2.36. The molecule has 0 unspecified atom stereocenters. The molecule has 0 aromatic carbocycles. The summed E-state index contributed by atoms with van der Waals surface area (Å²) in [7, 11) is -3.60. The number of amides is 2. The van der Waals surface area contributed by atoms with Gasteiger partial charge in [0.2, 0.25) is 10.0 Å². The minimum Gasteiger partial charge on any atom is -0.481 e. The molecule has 0 aliphatic carbocycles. The molecule has 0 saturated carbocycles. The number of likely N-dealkylation sites (tertiary alicyclic amines) is 1. The lowest BCUT2D eigenvalue weighted by atomic mass is 9.75. The Hall–Kier alpha value is -1.35. The van der Waals surface area contributed by atoms with Crippen molar-refractivity contribution in [3.8, 4) is 0 Å². The minimum atomic E-state index is -3.60. The molecule has 122 valence electrons. The summed E-state index contributed by atoms with van der Waals surface area (Å²) < 4.78 is 21.5. The van der Waals surface area contributed by atoms with E-state index in [2.05, 4.69) is 5.32 Å². The molecule has 0 aromatic heterocycles. The maximum absolute atomic E-state index is 11.9. The van der Waals surface area contributed by atoms with Crippen LogP contribution < -0.4 is 10.5 Å². The van der Waals surface area contributed by atoms with Gasteiger partial charge in [-0.15, -0.1) is 0 Å². The Balaban J connectivity index is 2.48. The van der Waals surface area contributed by atoms with Crippen LogP contribution >= 0.6 is 0 Å². The minimum absolute atomic E-state index is 0.0484. The van der Waals surface area contributed by atoms with Gasteiger partial charge in [0.1, 0.15) is 0 Å². The summed E-state index contributed by atoms with van der Waals surface area (Å²) in [5, 5.41) is 16.7. The number of carbonyl (C=O) groups excluding carboxylic acids is 1. The Morgan fingerprint density at radius 1 is 1.33 bits per heavy atom. The second-order valence-electron chi connectivity index (χ2n) is 5.42. The van der Waals surface area contributed by atoms with Crippen molar-refractivity contribution in [2.45, 2.75) is 32.6 Å². The Kier molecular flexibility index (Phi) is 5.97. The standard InChI is InChI=1S/C12H23N3O5S/c1-2-3-12(10(16)17)4-7-15(8-5-12)11(18)14-6-9-21(13,19)20/h2-9H2,1H3,(H,14,18)(H,16,17)(H2,13,19,20). The number of carboxylic acid groups (broad SMARTS) is 1. The number of urea groups is 1. The van der Waals surface area contributed by atoms with Crippen LogP contribution in [0.4, 0.5) is 4.79 Å². The largest absolute Gasteiger partial charge is 0.481 e. The molecule has 1 aliphatic heterocycles. The van der Waals surface area contributed by atoms with Crippen molar-refractivity contribution >= 4 is 22.0 Å². The van der Waals surface area contributed by atoms with Gasteiger partial charge in [-0.1, -0.05) is 13.3 Å². The zero-order valence-electron chi connectivity index (χ0n) is 12.2. The molecule has 1 aliphatic rings. The number of carbonyl (C=O) groups is 2. The van der Waals surface area contributed by atoms with Crippen molar-refractivity contribution in [3.05, 3.63) is 0 Å². The quantitative estimate of drug-likeness (QED) is 0.631. The van der Waals surface area contributed by atoms with Gasteiger partial charge in [0.15, 0.2) is 0 Å². The molecule has 1 fully saturated rings. The molecule has 1 heterocycles. The first kappa shape index (κ1) is 17.7. The molecular formula is C12H23N3O5S. The van der Waals surface area contributed by atoms with Gasteiger partial charge in [-0.05, 0) is 19.3 Å². The predicted octanol–water partition coefficient (Wildman–Crippen LogP) is -0.0486. The van der Waals surface area contributed by atoms with E-state index in [1.807, 2.05) is 6.92 Å². The SMILES string of the molecule is CCCC1(C(=O)O)CCN(C(=O)NCCS(N)(=O)=O)CC1. The van der Waals surface area contributed by atoms with Gasteiger partial charge in [-0.25, -0.2) is 18.4 Å². The fourth-order valence-electron chi connectivity index (χ4n) is 2.60.